The third-order valence-electron chi connectivity index (χ3n) is 2.33. The lowest BCUT2D eigenvalue weighted by molar-refractivity contribution is -0.116. The molecule has 4 nitrogen and oxygen atoms in total. The first-order valence-corrected chi connectivity index (χ1v) is 5.36. The number of ether oxygens (including phenoxy) is 1. The van der Waals surface area contributed by atoms with Crippen LogP contribution in [0.2, 0.25) is 0 Å². The van der Waals surface area contributed by atoms with E-state index in [0.29, 0.717) is 11.4 Å². The van der Waals surface area contributed by atoms with Crippen LogP contribution in [0.3, 0.4) is 0 Å². The Morgan fingerprint density at radius 3 is 2.87 bits per heavy atom. The van der Waals surface area contributed by atoms with Crippen LogP contribution in [0.4, 0.5) is 11.4 Å². The van der Waals surface area contributed by atoms with Crippen molar-refractivity contribution in [1.82, 2.24) is 0 Å². The van der Waals surface area contributed by atoms with Crippen molar-refractivity contribution in [3.8, 4) is 5.75 Å². The first-order valence-electron chi connectivity index (χ1n) is 4.57. The standard InChI is InChI=1S/C10H11BrN2O2/c1-5-10(14)13-8-7(12-5)4-3-6(11)9(8)15-2/h3-5,12H,1-2H3,(H,13,14)/t5-/m1/s1. The van der Waals surface area contributed by atoms with E-state index >= 15 is 0 Å². The summed E-state index contributed by atoms with van der Waals surface area (Å²) < 4.78 is 6.05. The van der Waals surface area contributed by atoms with Gasteiger partial charge in [-0.15, -0.1) is 0 Å². The summed E-state index contributed by atoms with van der Waals surface area (Å²) >= 11 is 3.37. The lowest BCUT2D eigenvalue weighted by Crippen LogP contribution is -2.36. The summed E-state index contributed by atoms with van der Waals surface area (Å²) in [6.07, 6.45) is 0. The molecule has 1 aromatic carbocycles. The minimum atomic E-state index is -0.219. The van der Waals surface area contributed by atoms with E-state index in [4.69, 9.17) is 4.74 Å². The van der Waals surface area contributed by atoms with Gasteiger partial charge in [0, 0.05) is 0 Å². The maximum atomic E-state index is 11.5. The van der Waals surface area contributed by atoms with Gasteiger partial charge in [0.15, 0.2) is 5.75 Å². The van der Waals surface area contributed by atoms with Gasteiger partial charge in [-0.25, -0.2) is 0 Å². The number of hydrogen-bond donors (Lipinski definition) is 2. The molecule has 0 aromatic heterocycles. The maximum absolute atomic E-state index is 11.5. The zero-order valence-corrected chi connectivity index (χ0v) is 10.0. The van der Waals surface area contributed by atoms with E-state index < -0.39 is 0 Å². The molecule has 80 valence electrons. The molecule has 2 N–H and O–H groups in total. The van der Waals surface area contributed by atoms with Gasteiger partial charge in [0.2, 0.25) is 5.91 Å². The van der Waals surface area contributed by atoms with Gasteiger partial charge in [-0.3, -0.25) is 4.79 Å². The topological polar surface area (TPSA) is 50.4 Å². The molecule has 0 saturated carbocycles. The number of anilines is 2. The van der Waals surface area contributed by atoms with Gasteiger partial charge in [-0.05, 0) is 35.0 Å². The molecular weight excluding hydrogens is 260 g/mol. The number of nitrogens with one attached hydrogen (secondary N) is 2. The van der Waals surface area contributed by atoms with Crippen molar-refractivity contribution in [2.24, 2.45) is 0 Å². The van der Waals surface area contributed by atoms with Crippen LogP contribution in [0.1, 0.15) is 6.92 Å². The molecule has 0 spiro atoms. The fourth-order valence-corrected chi connectivity index (χ4v) is 2.02. The predicted molar refractivity (Wildman–Crippen MR) is 62.4 cm³/mol. The Morgan fingerprint density at radius 2 is 2.20 bits per heavy atom. The number of benzene rings is 1. The number of fused-ring (bicyclic) bond motifs is 1. The number of carbonyl (C=O) groups excluding carboxylic acids is 1. The highest BCUT2D eigenvalue weighted by atomic mass is 79.9. The summed E-state index contributed by atoms with van der Waals surface area (Å²) in [4.78, 5) is 11.5. The van der Waals surface area contributed by atoms with Crippen LogP contribution in [0.25, 0.3) is 0 Å². The SMILES string of the molecule is COc1c(Br)ccc2c1NC(=O)[C@@H](C)N2. The molecule has 15 heavy (non-hydrogen) atoms. The van der Waals surface area contributed by atoms with Gasteiger partial charge in [0.1, 0.15) is 11.7 Å². The highest BCUT2D eigenvalue weighted by Gasteiger charge is 2.24. The Hall–Kier alpha value is -1.23. The minimum Gasteiger partial charge on any atom is -0.493 e. The molecule has 1 atom stereocenters. The number of amides is 1. The summed E-state index contributed by atoms with van der Waals surface area (Å²) in [7, 11) is 1.57. The third kappa shape index (κ3) is 1.67. The van der Waals surface area contributed by atoms with Crippen molar-refractivity contribution in [1.29, 1.82) is 0 Å². The highest BCUT2D eigenvalue weighted by Crippen LogP contribution is 2.40. The molecular formula is C10H11BrN2O2. The molecule has 2 rings (SSSR count). The summed E-state index contributed by atoms with van der Waals surface area (Å²) in [6.45, 7) is 1.81. The molecule has 0 fully saturated rings. The van der Waals surface area contributed by atoms with Gasteiger partial charge in [0.05, 0.1) is 17.3 Å². The van der Waals surface area contributed by atoms with Gasteiger partial charge in [0.25, 0.3) is 0 Å². The first-order chi connectivity index (χ1) is 7.13. The molecule has 1 heterocycles. The molecule has 0 saturated heterocycles. The monoisotopic (exact) mass is 270 g/mol. The van der Waals surface area contributed by atoms with Crippen molar-refractivity contribution >= 4 is 33.2 Å². The Morgan fingerprint density at radius 1 is 1.47 bits per heavy atom. The van der Waals surface area contributed by atoms with Gasteiger partial charge < -0.3 is 15.4 Å². The zero-order valence-electron chi connectivity index (χ0n) is 8.43. The molecule has 1 amide bonds. The van der Waals surface area contributed by atoms with Crippen molar-refractivity contribution in [3.05, 3.63) is 16.6 Å². The zero-order chi connectivity index (χ0) is 11.0. The average Bonchev–Trinajstić information content (AvgIpc) is 2.21. The van der Waals surface area contributed by atoms with E-state index in [-0.39, 0.29) is 11.9 Å². The predicted octanol–water partition coefficient (Wildman–Crippen LogP) is 2.21. The maximum Gasteiger partial charge on any atom is 0.246 e. The summed E-state index contributed by atoms with van der Waals surface area (Å²) in [5.41, 5.74) is 1.57. The lowest BCUT2D eigenvalue weighted by atomic mass is 10.1. The number of halogens is 1. The quantitative estimate of drug-likeness (QED) is 0.823. The smallest absolute Gasteiger partial charge is 0.246 e. The Bertz CT molecular complexity index is 420. The van der Waals surface area contributed by atoms with Crippen LogP contribution < -0.4 is 15.4 Å². The fraction of sp³-hybridized carbons (Fsp3) is 0.300. The second-order valence-corrected chi connectivity index (χ2v) is 4.21. The summed E-state index contributed by atoms with van der Waals surface area (Å²) in [5.74, 6) is 0.583. The molecule has 5 heteroatoms. The Balaban J connectivity index is 2.52. The Kier molecular flexibility index (Phi) is 2.56. The van der Waals surface area contributed by atoms with E-state index in [2.05, 4.69) is 26.6 Å². The van der Waals surface area contributed by atoms with Crippen molar-refractivity contribution in [2.45, 2.75) is 13.0 Å². The summed E-state index contributed by atoms with van der Waals surface area (Å²) in [6, 6.07) is 3.57. The molecule has 1 aliphatic rings. The second-order valence-electron chi connectivity index (χ2n) is 3.36. The Labute approximate surface area is 96.1 Å². The van der Waals surface area contributed by atoms with Crippen LogP contribution in [0, 0.1) is 0 Å². The van der Waals surface area contributed by atoms with Crippen LogP contribution in [0.15, 0.2) is 16.6 Å². The molecule has 0 aliphatic carbocycles. The van der Waals surface area contributed by atoms with Crippen LogP contribution in [-0.2, 0) is 4.79 Å². The van der Waals surface area contributed by atoms with Crippen molar-refractivity contribution < 1.29 is 9.53 Å². The number of rotatable bonds is 1. The molecule has 0 bridgehead atoms. The van der Waals surface area contributed by atoms with Gasteiger partial charge >= 0.3 is 0 Å². The molecule has 0 radical (unpaired) electrons. The number of hydrogen-bond acceptors (Lipinski definition) is 3. The molecule has 0 unspecified atom stereocenters. The van der Waals surface area contributed by atoms with Crippen LogP contribution in [-0.4, -0.2) is 19.1 Å². The summed E-state index contributed by atoms with van der Waals surface area (Å²) in [5, 5.41) is 5.91. The average molecular weight is 271 g/mol. The van der Waals surface area contributed by atoms with Crippen molar-refractivity contribution in [3.63, 3.8) is 0 Å². The normalized spacial score (nSPS) is 18.9. The van der Waals surface area contributed by atoms with Gasteiger partial charge in [-0.2, -0.15) is 0 Å². The highest BCUT2D eigenvalue weighted by molar-refractivity contribution is 9.10. The minimum absolute atomic E-state index is 0.0566. The second kappa shape index (κ2) is 3.73. The van der Waals surface area contributed by atoms with E-state index in [1.165, 1.54) is 0 Å². The third-order valence-corrected chi connectivity index (χ3v) is 2.95. The largest absolute Gasteiger partial charge is 0.493 e. The van der Waals surface area contributed by atoms with Crippen LogP contribution >= 0.6 is 15.9 Å². The van der Waals surface area contributed by atoms with Crippen LogP contribution in [0.5, 0.6) is 5.75 Å². The molecule has 1 aromatic rings. The fourth-order valence-electron chi connectivity index (χ4n) is 1.53. The van der Waals surface area contributed by atoms with E-state index in [0.717, 1.165) is 10.2 Å². The first kappa shape index (κ1) is 10.3. The number of carbonyl (C=O) groups is 1. The lowest BCUT2D eigenvalue weighted by Gasteiger charge is -2.26. The number of methoxy groups -OCH3 is 1. The van der Waals surface area contributed by atoms with Crippen molar-refractivity contribution in [2.75, 3.05) is 17.7 Å². The van der Waals surface area contributed by atoms with E-state index in [9.17, 15) is 4.79 Å². The molecule has 1 aliphatic heterocycles. The van der Waals surface area contributed by atoms with E-state index in [1.54, 1.807) is 7.11 Å². The van der Waals surface area contributed by atoms with E-state index in [1.807, 2.05) is 19.1 Å². The van der Waals surface area contributed by atoms with Gasteiger partial charge in [-0.1, -0.05) is 0 Å².